The monoisotopic (exact) mass is 171 g/mol. The van der Waals surface area contributed by atoms with E-state index < -0.39 is 0 Å². The normalized spacial score (nSPS) is 12.0. The highest BCUT2D eigenvalue weighted by Gasteiger charge is 2.11. The van der Waals surface area contributed by atoms with Crippen LogP contribution in [-0.4, -0.2) is 30.6 Å². The molecule has 12 heavy (non-hydrogen) atoms. The summed E-state index contributed by atoms with van der Waals surface area (Å²) in [6.45, 7) is 12.7. The summed E-state index contributed by atoms with van der Waals surface area (Å²) in [5.74, 6) is 0. The van der Waals surface area contributed by atoms with Gasteiger partial charge in [-0.25, -0.2) is 0 Å². The lowest BCUT2D eigenvalue weighted by atomic mass is 10.2. The van der Waals surface area contributed by atoms with E-state index in [2.05, 4.69) is 39.2 Å². The lowest BCUT2D eigenvalue weighted by Gasteiger charge is -2.30. The quantitative estimate of drug-likeness (QED) is 0.568. The number of hydrogen-bond acceptors (Lipinski definition) is 2. The summed E-state index contributed by atoms with van der Waals surface area (Å²) in [5.41, 5.74) is 0. The molecule has 0 aromatic heterocycles. The largest absolute Gasteiger partial charge is 0.372 e. The molecule has 0 amide bonds. The molecule has 0 atom stereocenters. The summed E-state index contributed by atoms with van der Waals surface area (Å²) >= 11 is 0. The van der Waals surface area contributed by atoms with Crippen molar-refractivity contribution in [1.29, 1.82) is 0 Å². The Morgan fingerprint density at radius 2 is 1.67 bits per heavy atom. The van der Waals surface area contributed by atoms with Crippen molar-refractivity contribution in [2.75, 3.05) is 13.7 Å². The molecule has 0 unspecified atom stereocenters. The molecule has 0 aromatic rings. The molecule has 0 fully saturated rings. The molecule has 2 nitrogen and oxygen atoms in total. The van der Waals surface area contributed by atoms with E-state index in [4.69, 9.17) is 4.74 Å². The second-order valence-corrected chi connectivity index (χ2v) is 3.52. The van der Waals surface area contributed by atoms with Crippen LogP contribution in [0.4, 0.5) is 0 Å². The minimum Gasteiger partial charge on any atom is -0.372 e. The lowest BCUT2D eigenvalue weighted by molar-refractivity contribution is 0.161. The number of methoxy groups -OCH3 is 1. The van der Waals surface area contributed by atoms with Gasteiger partial charge in [0.25, 0.3) is 0 Å². The van der Waals surface area contributed by atoms with Gasteiger partial charge in [-0.15, -0.1) is 0 Å². The van der Waals surface area contributed by atoms with Crippen molar-refractivity contribution in [3.63, 3.8) is 0 Å². The molecule has 0 aliphatic carbocycles. The summed E-state index contributed by atoms with van der Waals surface area (Å²) in [7, 11) is 1.65. The van der Waals surface area contributed by atoms with Gasteiger partial charge in [-0.1, -0.05) is 0 Å². The number of ether oxygens (including phenoxy) is 1. The molecule has 0 N–H and O–H groups in total. The molecule has 0 bridgehead atoms. The van der Waals surface area contributed by atoms with Gasteiger partial charge < -0.3 is 4.74 Å². The van der Waals surface area contributed by atoms with Gasteiger partial charge in [0.2, 0.25) is 0 Å². The Morgan fingerprint density at radius 1 is 1.17 bits per heavy atom. The first-order valence-corrected chi connectivity index (χ1v) is 4.61. The van der Waals surface area contributed by atoms with Crippen LogP contribution in [0.3, 0.4) is 0 Å². The smallest absolute Gasteiger partial charge is 0.133 e. The van der Waals surface area contributed by atoms with Gasteiger partial charge in [-0.3, -0.25) is 4.90 Å². The van der Waals surface area contributed by atoms with E-state index in [1.807, 2.05) is 0 Å². The van der Waals surface area contributed by atoms with E-state index in [-0.39, 0.29) is 0 Å². The van der Waals surface area contributed by atoms with Crippen molar-refractivity contribution in [2.24, 2.45) is 0 Å². The highest BCUT2D eigenvalue weighted by Crippen LogP contribution is 2.06. The van der Waals surface area contributed by atoms with Gasteiger partial charge >= 0.3 is 0 Å². The molecule has 0 aromatic carbocycles. The first-order valence-electron chi connectivity index (χ1n) is 4.61. The Labute approximate surface area is 76.9 Å². The second kappa shape index (κ2) is 6.44. The van der Waals surface area contributed by atoms with Gasteiger partial charge in [0, 0.05) is 25.7 Å². The van der Waals surface area contributed by atoms with Gasteiger partial charge in [-0.2, -0.15) is 0 Å². The molecular formula is C10H21NO. The summed E-state index contributed by atoms with van der Waals surface area (Å²) in [5, 5.41) is 0. The van der Waals surface area contributed by atoms with Crippen LogP contribution < -0.4 is 0 Å². The van der Waals surface area contributed by atoms with Crippen molar-refractivity contribution in [3.8, 4) is 0 Å². The van der Waals surface area contributed by atoms with Crippen LogP contribution in [0.2, 0.25) is 0 Å². The summed E-state index contributed by atoms with van der Waals surface area (Å²) < 4.78 is 4.78. The van der Waals surface area contributed by atoms with E-state index in [1.165, 1.54) is 0 Å². The SMILES string of the molecule is CO[C]CCN(C(C)C)C(C)C. The molecule has 0 aliphatic heterocycles. The van der Waals surface area contributed by atoms with Crippen molar-refractivity contribution in [1.82, 2.24) is 4.90 Å². The molecule has 0 saturated carbocycles. The van der Waals surface area contributed by atoms with Crippen molar-refractivity contribution >= 4 is 0 Å². The molecule has 72 valence electrons. The third-order valence-electron chi connectivity index (χ3n) is 1.94. The Bertz CT molecular complexity index is 94.0. The molecule has 0 saturated heterocycles. The van der Waals surface area contributed by atoms with Crippen LogP contribution in [0, 0.1) is 6.61 Å². The van der Waals surface area contributed by atoms with Crippen molar-refractivity contribution in [3.05, 3.63) is 6.61 Å². The third kappa shape index (κ3) is 4.73. The number of rotatable bonds is 6. The van der Waals surface area contributed by atoms with E-state index in [0.717, 1.165) is 13.0 Å². The fourth-order valence-corrected chi connectivity index (χ4v) is 1.39. The van der Waals surface area contributed by atoms with Crippen LogP contribution in [-0.2, 0) is 4.74 Å². The molecule has 2 radical (unpaired) electrons. The third-order valence-corrected chi connectivity index (χ3v) is 1.94. The highest BCUT2D eigenvalue weighted by atomic mass is 16.5. The Morgan fingerprint density at radius 3 is 2.00 bits per heavy atom. The molecule has 0 aliphatic rings. The fourth-order valence-electron chi connectivity index (χ4n) is 1.39. The fraction of sp³-hybridized carbons (Fsp3) is 0.900. The van der Waals surface area contributed by atoms with Gasteiger partial charge in [0.15, 0.2) is 0 Å². The minimum atomic E-state index is 0.601. The van der Waals surface area contributed by atoms with E-state index in [1.54, 1.807) is 7.11 Å². The number of hydrogen-bond donors (Lipinski definition) is 0. The van der Waals surface area contributed by atoms with Crippen molar-refractivity contribution < 1.29 is 4.74 Å². The van der Waals surface area contributed by atoms with Crippen LogP contribution in [0.1, 0.15) is 34.1 Å². The Hall–Kier alpha value is -0.0800. The molecule has 2 heteroatoms. The first-order chi connectivity index (χ1) is 5.59. The topological polar surface area (TPSA) is 12.5 Å². The van der Waals surface area contributed by atoms with Gasteiger partial charge in [0.05, 0.1) is 0 Å². The zero-order valence-electron chi connectivity index (χ0n) is 8.92. The highest BCUT2D eigenvalue weighted by molar-refractivity contribution is 4.68. The van der Waals surface area contributed by atoms with Gasteiger partial charge in [0.1, 0.15) is 6.61 Å². The predicted molar refractivity (Wildman–Crippen MR) is 51.8 cm³/mol. The van der Waals surface area contributed by atoms with Crippen LogP contribution >= 0.6 is 0 Å². The number of nitrogens with zero attached hydrogens (tertiary/aromatic N) is 1. The minimum absolute atomic E-state index is 0.601. The maximum atomic E-state index is 4.78. The van der Waals surface area contributed by atoms with Crippen molar-refractivity contribution in [2.45, 2.75) is 46.2 Å². The first kappa shape index (κ1) is 11.9. The maximum Gasteiger partial charge on any atom is 0.133 e. The molecule has 0 heterocycles. The summed E-state index contributed by atoms with van der Waals surface area (Å²) in [4.78, 5) is 2.42. The molecule has 0 rings (SSSR count). The predicted octanol–water partition coefficient (Wildman–Crippen LogP) is 2.18. The maximum absolute atomic E-state index is 4.78. The van der Waals surface area contributed by atoms with Gasteiger partial charge in [-0.05, 0) is 34.1 Å². The molecule has 0 spiro atoms. The second-order valence-electron chi connectivity index (χ2n) is 3.52. The average Bonchev–Trinajstić information content (AvgIpc) is 1.96. The zero-order valence-corrected chi connectivity index (χ0v) is 8.92. The zero-order chi connectivity index (χ0) is 9.56. The van der Waals surface area contributed by atoms with Crippen LogP contribution in [0.5, 0.6) is 0 Å². The summed E-state index contributed by atoms with van der Waals surface area (Å²) in [6, 6.07) is 1.20. The lowest BCUT2D eigenvalue weighted by Crippen LogP contribution is -2.37. The standard InChI is InChI=1S/C10H21NO/c1-9(2)11(10(3)4)7-6-8-12-5/h9-10H,6-7H2,1-5H3. The Balaban J connectivity index is 3.64. The average molecular weight is 171 g/mol. The van der Waals surface area contributed by atoms with Crippen LogP contribution in [0.25, 0.3) is 0 Å². The Kier molecular flexibility index (Phi) is 6.39. The van der Waals surface area contributed by atoms with E-state index >= 15 is 0 Å². The van der Waals surface area contributed by atoms with E-state index in [9.17, 15) is 0 Å². The molecular weight excluding hydrogens is 150 g/mol. The van der Waals surface area contributed by atoms with Crippen LogP contribution in [0.15, 0.2) is 0 Å². The summed E-state index contributed by atoms with van der Waals surface area (Å²) in [6.07, 6.45) is 0.882. The van der Waals surface area contributed by atoms with E-state index in [0.29, 0.717) is 12.1 Å².